The molecule has 0 bridgehead atoms. The highest BCUT2D eigenvalue weighted by Crippen LogP contribution is 2.12. The van der Waals surface area contributed by atoms with Gasteiger partial charge in [-0.25, -0.2) is 4.99 Å². The monoisotopic (exact) mass is 481 g/mol. The van der Waals surface area contributed by atoms with Crippen LogP contribution in [0.2, 0.25) is 0 Å². The number of guanidine groups is 1. The molecular formula is C18H36IN5O2. The zero-order chi connectivity index (χ0) is 18.1. The minimum Gasteiger partial charge on any atom is -0.376 e. The summed E-state index contributed by atoms with van der Waals surface area (Å²) in [6, 6.07) is 0.415. The van der Waals surface area contributed by atoms with Crippen molar-refractivity contribution in [2.45, 2.75) is 51.2 Å². The molecule has 0 saturated carbocycles. The number of ether oxygens (including phenoxy) is 1. The number of rotatable bonds is 7. The number of hydrogen-bond donors (Lipinski definition) is 2. The van der Waals surface area contributed by atoms with Crippen LogP contribution in [0.4, 0.5) is 0 Å². The van der Waals surface area contributed by atoms with Crippen LogP contribution in [0.3, 0.4) is 0 Å². The summed E-state index contributed by atoms with van der Waals surface area (Å²) in [4.78, 5) is 20.4. The van der Waals surface area contributed by atoms with Crippen molar-refractivity contribution < 1.29 is 9.53 Å². The molecule has 1 unspecified atom stereocenters. The number of carbonyl (C=O) groups is 1. The molecule has 0 aliphatic carbocycles. The second-order valence-corrected chi connectivity index (χ2v) is 7.23. The zero-order valence-corrected chi connectivity index (χ0v) is 18.8. The van der Waals surface area contributed by atoms with Gasteiger partial charge >= 0.3 is 0 Å². The fraction of sp³-hybridized carbons (Fsp3) is 0.889. The van der Waals surface area contributed by atoms with E-state index in [1.54, 1.807) is 19.0 Å². The van der Waals surface area contributed by atoms with E-state index in [0.717, 1.165) is 57.9 Å². The van der Waals surface area contributed by atoms with Crippen LogP contribution in [0.5, 0.6) is 0 Å². The maximum Gasteiger partial charge on any atom is 0.243 e. The van der Waals surface area contributed by atoms with Gasteiger partial charge in [0.2, 0.25) is 5.91 Å². The Morgan fingerprint density at radius 2 is 2.00 bits per heavy atom. The van der Waals surface area contributed by atoms with Crippen molar-refractivity contribution in [3.63, 3.8) is 0 Å². The summed E-state index contributed by atoms with van der Waals surface area (Å²) < 4.78 is 5.67. The third-order valence-corrected chi connectivity index (χ3v) is 4.86. The van der Waals surface area contributed by atoms with E-state index in [1.165, 1.54) is 13.0 Å². The topological polar surface area (TPSA) is 69.2 Å². The van der Waals surface area contributed by atoms with Gasteiger partial charge in [-0.3, -0.25) is 4.79 Å². The minimum atomic E-state index is 0. The van der Waals surface area contributed by atoms with Crippen LogP contribution < -0.4 is 10.6 Å². The summed E-state index contributed by atoms with van der Waals surface area (Å²) in [7, 11) is 3.52. The van der Waals surface area contributed by atoms with Crippen molar-refractivity contribution in [1.82, 2.24) is 20.4 Å². The van der Waals surface area contributed by atoms with Crippen molar-refractivity contribution in [3.8, 4) is 0 Å². The van der Waals surface area contributed by atoms with E-state index >= 15 is 0 Å². The van der Waals surface area contributed by atoms with Gasteiger partial charge in [0.1, 0.15) is 6.54 Å². The SMILES string of the molecule is CCCN1CCC(NC(=NCC(=O)N(C)C)NCC2CCCO2)CC1.I. The Kier molecular flexibility index (Phi) is 11.5. The van der Waals surface area contributed by atoms with Gasteiger partial charge in [0.05, 0.1) is 6.10 Å². The molecule has 0 spiro atoms. The summed E-state index contributed by atoms with van der Waals surface area (Å²) in [6.07, 6.45) is 5.90. The normalized spacial score (nSPS) is 22.0. The lowest BCUT2D eigenvalue weighted by molar-refractivity contribution is -0.127. The Balaban J connectivity index is 0.00000338. The van der Waals surface area contributed by atoms with E-state index in [0.29, 0.717) is 6.04 Å². The average Bonchev–Trinajstić information content (AvgIpc) is 3.12. The number of piperidine rings is 1. The molecule has 2 saturated heterocycles. The predicted molar refractivity (Wildman–Crippen MR) is 116 cm³/mol. The van der Waals surface area contributed by atoms with Gasteiger partial charge in [-0.2, -0.15) is 0 Å². The average molecular weight is 481 g/mol. The summed E-state index contributed by atoms with van der Waals surface area (Å²) in [6.45, 7) is 7.43. The smallest absolute Gasteiger partial charge is 0.243 e. The first-order chi connectivity index (χ1) is 12.1. The van der Waals surface area contributed by atoms with E-state index in [2.05, 4.69) is 27.4 Å². The number of likely N-dealkylation sites (N-methyl/N-ethyl adjacent to an activating group) is 1. The molecule has 8 heteroatoms. The summed E-state index contributed by atoms with van der Waals surface area (Å²) >= 11 is 0. The van der Waals surface area contributed by atoms with Crippen molar-refractivity contribution in [2.24, 2.45) is 4.99 Å². The third-order valence-electron chi connectivity index (χ3n) is 4.86. The molecule has 26 heavy (non-hydrogen) atoms. The predicted octanol–water partition coefficient (Wildman–Crippen LogP) is 1.28. The van der Waals surface area contributed by atoms with Gasteiger partial charge in [-0.15, -0.1) is 24.0 Å². The van der Waals surface area contributed by atoms with Crippen molar-refractivity contribution in [1.29, 1.82) is 0 Å². The number of amides is 1. The molecule has 0 aromatic heterocycles. The number of nitrogens with one attached hydrogen (secondary N) is 2. The highest BCUT2D eigenvalue weighted by Gasteiger charge is 2.21. The molecule has 2 fully saturated rings. The first kappa shape index (κ1) is 23.4. The number of nitrogens with zero attached hydrogens (tertiary/aromatic N) is 3. The van der Waals surface area contributed by atoms with Gasteiger partial charge in [0, 0.05) is 46.4 Å². The highest BCUT2D eigenvalue weighted by molar-refractivity contribution is 14.0. The number of halogens is 1. The van der Waals surface area contributed by atoms with Crippen LogP contribution in [-0.4, -0.2) is 87.2 Å². The molecule has 2 aliphatic heterocycles. The summed E-state index contributed by atoms with van der Waals surface area (Å²) in [5.41, 5.74) is 0. The molecule has 0 aromatic rings. The van der Waals surface area contributed by atoms with Gasteiger partial charge in [-0.1, -0.05) is 6.92 Å². The summed E-state index contributed by atoms with van der Waals surface area (Å²) in [5.74, 6) is 0.746. The zero-order valence-electron chi connectivity index (χ0n) is 16.5. The van der Waals surface area contributed by atoms with Crippen molar-refractivity contribution >= 4 is 35.8 Å². The van der Waals surface area contributed by atoms with Gasteiger partial charge in [-0.05, 0) is 38.6 Å². The summed E-state index contributed by atoms with van der Waals surface area (Å²) in [5, 5.41) is 6.89. The van der Waals surface area contributed by atoms with Crippen LogP contribution in [0.1, 0.15) is 39.0 Å². The number of carbonyl (C=O) groups excluding carboxylic acids is 1. The van der Waals surface area contributed by atoms with Crippen LogP contribution >= 0.6 is 24.0 Å². The molecule has 1 atom stereocenters. The van der Waals surface area contributed by atoms with E-state index in [9.17, 15) is 4.79 Å². The quantitative estimate of drug-likeness (QED) is 0.326. The fourth-order valence-corrected chi connectivity index (χ4v) is 3.27. The van der Waals surface area contributed by atoms with E-state index in [4.69, 9.17) is 4.74 Å². The van der Waals surface area contributed by atoms with Crippen molar-refractivity contribution in [3.05, 3.63) is 0 Å². The van der Waals surface area contributed by atoms with Crippen LogP contribution in [0.15, 0.2) is 4.99 Å². The number of aliphatic imine (C=N–C) groups is 1. The van der Waals surface area contributed by atoms with E-state index in [-0.39, 0.29) is 42.5 Å². The van der Waals surface area contributed by atoms with E-state index in [1.807, 2.05) is 0 Å². The van der Waals surface area contributed by atoms with Crippen LogP contribution in [0.25, 0.3) is 0 Å². The van der Waals surface area contributed by atoms with Gasteiger partial charge < -0.3 is 25.2 Å². The van der Waals surface area contributed by atoms with E-state index < -0.39 is 0 Å². The highest BCUT2D eigenvalue weighted by atomic mass is 127. The molecular weight excluding hydrogens is 445 g/mol. The molecule has 1 amide bonds. The largest absolute Gasteiger partial charge is 0.376 e. The maximum absolute atomic E-state index is 11.8. The lowest BCUT2D eigenvalue weighted by Crippen LogP contribution is -2.50. The Labute approximate surface area is 175 Å². The first-order valence-corrected chi connectivity index (χ1v) is 9.67. The molecule has 7 nitrogen and oxygen atoms in total. The molecule has 2 N–H and O–H groups in total. The minimum absolute atomic E-state index is 0. The second kappa shape index (κ2) is 12.7. The third kappa shape index (κ3) is 8.39. The van der Waals surface area contributed by atoms with Crippen LogP contribution in [0, 0.1) is 0 Å². The Hall–Kier alpha value is -0.610. The molecule has 2 heterocycles. The molecule has 0 radical (unpaired) electrons. The second-order valence-electron chi connectivity index (χ2n) is 7.23. The molecule has 0 aromatic carbocycles. The lowest BCUT2D eigenvalue weighted by atomic mass is 10.1. The number of hydrogen-bond acceptors (Lipinski definition) is 4. The van der Waals surface area contributed by atoms with Crippen LogP contribution in [-0.2, 0) is 9.53 Å². The van der Waals surface area contributed by atoms with Crippen molar-refractivity contribution in [2.75, 3.05) is 53.4 Å². The Morgan fingerprint density at radius 1 is 1.27 bits per heavy atom. The maximum atomic E-state index is 11.8. The Morgan fingerprint density at radius 3 is 2.58 bits per heavy atom. The molecule has 152 valence electrons. The lowest BCUT2D eigenvalue weighted by Gasteiger charge is -2.33. The fourth-order valence-electron chi connectivity index (χ4n) is 3.27. The van der Waals surface area contributed by atoms with Gasteiger partial charge in [0.25, 0.3) is 0 Å². The van der Waals surface area contributed by atoms with Gasteiger partial charge in [0.15, 0.2) is 5.96 Å². The standard InChI is InChI=1S/C18H35N5O2.HI/c1-4-9-23-10-7-15(8-11-23)21-18(20-14-17(24)22(2)3)19-13-16-6-5-12-25-16;/h15-16H,4-14H2,1-3H3,(H2,19,20,21);1H. The first-order valence-electron chi connectivity index (χ1n) is 9.67. The number of likely N-dealkylation sites (tertiary alicyclic amines) is 1. The molecule has 2 rings (SSSR count). The molecule has 2 aliphatic rings. The Bertz CT molecular complexity index is 433.